The molecule has 1 N–H and O–H groups in total. The molecule has 1 aromatic carbocycles. The zero-order valence-electron chi connectivity index (χ0n) is 13.7. The summed E-state index contributed by atoms with van der Waals surface area (Å²) in [6, 6.07) is 4.67. The summed E-state index contributed by atoms with van der Waals surface area (Å²) in [4.78, 5) is 13.4. The zero-order chi connectivity index (χ0) is 16.9. The molecule has 0 spiro atoms. The summed E-state index contributed by atoms with van der Waals surface area (Å²) >= 11 is 3.36. The number of rotatable bonds is 5. The van der Waals surface area contributed by atoms with Gasteiger partial charge in [-0.1, -0.05) is 22.0 Å². The molecular formula is C16H24BrFN2O2. The van der Waals surface area contributed by atoms with Gasteiger partial charge < -0.3 is 15.0 Å². The Morgan fingerprint density at radius 2 is 2.09 bits per heavy atom. The third-order valence-electron chi connectivity index (χ3n) is 3.03. The topological polar surface area (TPSA) is 41.6 Å². The number of carbonyl (C=O) groups excluding carboxylic acids is 1. The van der Waals surface area contributed by atoms with Gasteiger partial charge >= 0.3 is 6.09 Å². The van der Waals surface area contributed by atoms with Crippen LogP contribution in [0.2, 0.25) is 0 Å². The first-order valence-electron chi connectivity index (χ1n) is 7.22. The van der Waals surface area contributed by atoms with Crippen molar-refractivity contribution in [3.63, 3.8) is 0 Å². The van der Waals surface area contributed by atoms with E-state index in [1.807, 2.05) is 27.7 Å². The van der Waals surface area contributed by atoms with Crippen LogP contribution in [0.3, 0.4) is 0 Å². The molecule has 0 fully saturated rings. The highest BCUT2D eigenvalue weighted by Crippen LogP contribution is 2.23. The Morgan fingerprint density at radius 3 is 2.64 bits per heavy atom. The van der Waals surface area contributed by atoms with E-state index in [0.717, 1.165) is 10.0 Å². The molecule has 0 heterocycles. The molecule has 0 aliphatic heterocycles. The second-order valence-electron chi connectivity index (χ2n) is 6.24. The fraction of sp³-hybridized carbons (Fsp3) is 0.562. The van der Waals surface area contributed by atoms with Crippen molar-refractivity contribution >= 4 is 22.0 Å². The minimum Gasteiger partial charge on any atom is -0.444 e. The smallest absolute Gasteiger partial charge is 0.410 e. The summed E-state index contributed by atoms with van der Waals surface area (Å²) in [5.74, 6) is -0.271. The van der Waals surface area contributed by atoms with Gasteiger partial charge in [0.2, 0.25) is 0 Å². The minimum absolute atomic E-state index is 0.0435. The van der Waals surface area contributed by atoms with Gasteiger partial charge in [-0.15, -0.1) is 0 Å². The number of nitrogens with zero attached hydrogens (tertiary/aromatic N) is 1. The van der Waals surface area contributed by atoms with E-state index in [2.05, 4.69) is 21.2 Å². The molecule has 0 radical (unpaired) electrons. The van der Waals surface area contributed by atoms with E-state index in [9.17, 15) is 9.18 Å². The summed E-state index contributed by atoms with van der Waals surface area (Å²) in [5, 5.41) is 3.31. The minimum atomic E-state index is -0.495. The highest BCUT2D eigenvalue weighted by Gasteiger charge is 2.19. The SMILES string of the molecule is CC(NCCN(C)C(=O)OC(C)(C)C)c1ccc(F)cc1Br. The average Bonchev–Trinajstić information content (AvgIpc) is 2.36. The summed E-state index contributed by atoms with van der Waals surface area (Å²) < 4.78 is 19.1. The van der Waals surface area contributed by atoms with Crippen molar-refractivity contribution in [2.45, 2.75) is 39.3 Å². The molecule has 124 valence electrons. The molecule has 0 aliphatic rings. The summed E-state index contributed by atoms with van der Waals surface area (Å²) in [7, 11) is 1.70. The van der Waals surface area contributed by atoms with Crippen LogP contribution in [-0.2, 0) is 4.74 Å². The van der Waals surface area contributed by atoms with Crippen LogP contribution in [-0.4, -0.2) is 36.7 Å². The van der Waals surface area contributed by atoms with Crippen LogP contribution >= 0.6 is 15.9 Å². The highest BCUT2D eigenvalue weighted by molar-refractivity contribution is 9.10. The highest BCUT2D eigenvalue weighted by atomic mass is 79.9. The van der Waals surface area contributed by atoms with Crippen molar-refractivity contribution in [1.29, 1.82) is 0 Å². The number of benzene rings is 1. The summed E-state index contributed by atoms with van der Waals surface area (Å²) in [6.45, 7) is 8.64. The Hall–Kier alpha value is -1.14. The largest absolute Gasteiger partial charge is 0.444 e. The lowest BCUT2D eigenvalue weighted by atomic mass is 10.1. The number of hydrogen-bond acceptors (Lipinski definition) is 3. The molecule has 1 unspecified atom stereocenters. The second-order valence-corrected chi connectivity index (χ2v) is 7.10. The Morgan fingerprint density at radius 1 is 1.45 bits per heavy atom. The number of hydrogen-bond donors (Lipinski definition) is 1. The fourth-order valence-electron chi connectivity index (χ4n) is 1.84. The van der Waals surface area contributed by atoms with Crippen LogP contribution in [0.15, 0.2) is 22.7 Å². The Bertz CT molecular complexity index is 517. The van der Waals surface area contributed by atoms with Gasteiger partial charge in [-0.05, 0) is 45.4 Å². The molecule has 4 nitrogen and oxygen atoms in total. The molecule has 1 amide bonds. The average molecular weight is 375 g/mol. The number of halogens is 2. The van der Waals surface area contributed by atoms with Crippen molar-refractivity contribution in [3.05, 3.63) is 34.1 Å². The van der Waals surface area contributed by atoms with E-state index in [1.54, 1.807) is 13.1 Å². The lowest BCUT2D eigenvalue weighted by molar-refractivity contribution is 0.0299. The molecule has 0 aromatic heterocycles. The Balaban J connectivity index is 2.44. The van der Waals surface area contributed by atoms with Crippen molar-refractivity contribution < 1.29 is 13.9 Å². The van der Waals surface area contributed by atoms with Crippen LogP contribution in [0, 0.1) is 5.82 Å². The molecule has 0 aliphatic carbocycles. The number of nitrogens with one attached hydrogen (secondary N) is 1. The van der Waals surface area contributed by atoms with Gasteiger partial charge in [0.25, 0.3) is 0 Å². The molecule has 0 bridgehead atoms. The van der Waals surface area contributed by atoms with Gasteiger partial charge in [-0.2, -0.15) is 0 Å². The maximum absolute atomic E-state index is 13.1. The van der Waals surface area contributed by atoms with Crippen LogP contribution in [0.1, 0.15) is 39.3 Å². The molecule has 0 saturated heterocycles. The van der Waals surface area contributed by atoms with Gasteiger partial charge in [0.1, 0.15) is 11.4 Å². The Labute approximate surface area is 140 Å². The van der Waals surface area contributed by atoms with Crippen LogP contribution in [0.4, 0.5) is 9.18 Å². The number of ether oxygens (including phenoxy) is 1. The first-order valence-corrected chi connectivity index (χ1v) is 8.02. The van der Waals surface area contributed by atoms with E-state index >= 15 is 0 Å². The molecular weight excluding hydrogens is 351 g/mol. The van der Waals surface area contributed by atoms with E-state index in [1.165, 1.54) is 17.0 Å². The molecule has 1 rings (SSSR count). The monoisotopic (exact) mass is 374 g/mol. The molecule has 6 heteroatoms. The van der Waals surface area contributed by atoms with Gasteiger partial charge in [0, 0.05) is 30.7 Å². The van der Waals surface area contributed by atoms with Crippen molar-refractivity contribution in [2.75, 3.05) is 20.1 Å². The maximum atomic E-state index is 13.1. The van der Waals surface area contributed by atoms with Crippen molar-refractivity contribution in [2.24, 2.45) is 0 Å². The van der Waals surface area contributed by atoms with E-state index in [0.29, 0.717) is 13.1 Å². The Kier molecular flexibility index (Phi) is 6.81. The van der Waals surface area contributed by atoms with Gasteiger partial charge in [-0.25, -0.2) is 9.18 Å². The van der Waals surface area contributed by atoms with Crippen molar-refractivity contribution in [1.82, 2.24) is 10.2 Å². The predicted molar refractivity (Wildman–Crippen MR) is 89.4 cm³/mol. The third kappa shape index (κ3) is 6.32. The first-order chi connectivity index (χ1) is 10.1. The number of amides is 1. The van der Waals surface area contributed by atoms with Crippen LogP contribution < -0.4 is 5.32 Å². The normalized spacial score (nSPS) is 12.9. The maximum Gasteiger partial charge on any atom is 0.410 e. The third-order valence-corrected chi connectivity index (χ3v) is 3.72. The molecule has 1 atom stereocenters. The van der Waals surface area contributed by atoms with E-state index < -0.39 is 5.60 Å². The van der Waals surface area contributed by atoms with Gasteiger partial charge in [0.05, 0.1) is 0 Å². The van der Waals surface area contributed by atoms with Gasteiger partial charge in [0.15, 0.2) is 0 Å². The summed E-state index contributed by atoms with van der Waals surface area (Å²) in [6.07, 6.45) is -0.343. The standard InChI is InChI=1S/C16H24BrFN2O2/c1-11(13-7-6-12(18)10-14(13)17)19-8-9-20(5)15(21)22-16(2,3)4/h6-7,10-11,19H,8-9H2,1-5H3. The number of likely N-dealkylation sites (N-methyl/N-ethyl adjacent to an activating group) is 1. The van der Waals surface area contributed by atoms with E-state index in [4.69, 9.17) is 4.74 Å². The second kappa shape index (κ2) is 7.92. The first kappa shape index (κ1) is 18.9. The van der Waals surface area contributed by atoms with Crippen LogP contribution in [0.5, 0.6) is 0 Å². The van der Waals surface area contributed by atoms with Gasteiger partial charge in [-0.3, -0.25) is 0 Å². The zero-order valence-corrected chi connectivity index (χ0v) is 15.3. The van der Waals surface area contributed by atoms with Crippen molar-refractivity contribution in [3.8, 4) is 0 Å². The predicted octanol–water partition coefficient (Wildman–Crippen LogP) is 4.11. The summed E-state index contributed by atoms with van der Waals surface area (Å²) in [5.41, 5.74) is 0.478. The lowest BCUT2D eigenvalue weighted by Crippen LogP contribution is -2.38. The fourth-order valence-corrected chi connectivity index (χ4v) is 2.54. The molecule has 1 aromatic rings. The van der Waals surface area contributed by atoms with E-state index in [-0.39, 0.29) is 18.0 Å². The molecule has 0 saturated carbocycles. The number of carbonyl (C=O) groups is 1. The quantitative estimate of drug-likeness (QED) is 0.842. The van der Waals surface area contributed by atoms with Crippen LogP contribution in [0.25, 0.3) is 0 Å². The molecule has 22 heavy (non-hydrogen) atoms. The lowest BCUT2D eigenvalue weighted by Gasteiger charge is -2.25.